The highest BCUT2D eigenvalue weighted by atomic mass is 19.1. The quantitative estimate of drug-likeness (QED) is 0.633. The molecule has 1 unspecified atom stereocenters. The maximum atomic E-state index is 12.4. The number of hydrogen-bond acceptors (Lipinski definition) is 1. The molecule has 0 saturated heterocycles. The lowest BCUT2D eigenvalue weighted by Gasteiger charge is -2.02. The van der Waals surface area contributed by atoms with Crippen LogP contribution in [0.4, 0.5) is 4.39 Å². The monoisotopic (exact) mass is 195 g/mol. The van der Waals surface area contributed by atoms with Crippen LogP contribution in [-0.4, -0.2) is 11.2 Å². The molecule has 0 saturated carbocycles. The Labute approximate surface area is 85.4 Å². The largest absolute Gasteiger partial charge is 0.264 e. The Morgan fingerprint density at radius 1 is 1.36 bits per heavy atom. The Morgan fingerprint density at radius 3 is 2.86 bits per heavy atom. The van der Waals surface area contributed by atoms with Crippen molar-refractivity contribution in [1.82, 2.24) is 4.98 Å². The number of rotatable bonds is 6. The standard InChI is InChI=1S/C12H18FN/c1-11(13)6-3-2-4-7-12-8-5-9-14-10-12/h5,8-11H,2-4,6-7H2,1H3. The van der Waals surface area contributed by atoms with Gasteiger partial charge in [0, 0.05) is 12.4 Å². The summed E-state index contributed by atoms with van der Waals surface area (Å²) in [5.74, 6) is 0. The summed E-state index contributed by atoms with van der Waals surface area (Å²) in [5.41, 5.74) is 1.28. The predicted octanol–water partition coefficient (Wildman–Crippen LogP) is 3.54. The molecule has 1 heterocycles. The summed E-state index contributed by atoms with van der Waals surface area (Å²) >= 11 is 0. The zero-order chi connectivity index (χ0) is 10.2. The fraction of sp³-hybridized carbons (Fsp3) is 0.583. The molecule has 14 heavy (non-hydrogen) atoms. The van der Waals surface area contributed by atoms with Gasteiger partial charge in [0.2, 0.25) is 0 Å². The van der Waals surface area contributed by atoms with E-state index in [1.54, 1.807) is 13.1 Å². The Balaban J connectivity index is 2.05. The first kappa shape index (κ1) is 11.2. The maximum absolute atomic E-state index is 12.4. The zero-order valence-electron chi connectivity index (χ0n) is 8.75. The van der Waals surface area contributed by atoms with Gasteiger partial charge in [0.1, 0.15) is 0 Å². The molecule has 0 amide bonds. The van der Waals surface area contributed by atoms with Crippen LogP contribution in [0.25, 0.3) is 0 Å². The highest BCUT2D eigenvalue weighted by Gasteiger charge is 1.97. The summed E-state index contributed by atoms with van der Waals surface area (Å²) in [7, 11) is 0. The Bertz CT molecular complexity index is 233. The molecule has 0 N–H and O–H groups in total. The molecule has 1 nitrogen and oxygen atoms in total. The van der Waals surface area contributed by atoms with Crippen molar-refractivity contribution >= 4 is 0 Å². The van der Waals surface area contributed by atoms with Gasteiger partial charge < -0.3 is 0 Å². The number of unbranched alkanes of at least 4 members (excludes halogenated alkanes) is 2. The molecule has 0 aliphatic heterocycles. The van der Waals surface area contributed by atoms with E-state index in [2.05, 4.69) is 11.1 Å². The Kier molecular flexibility index (Phi) is 5.20. The van der Waals surface area contributed by atoms with Crippen LogP contribution in [0, 0.1) is 0 Å². The first-order valence-corrected chi connectivity index (χ1v) is 5.32. The summed E-state index contributed by atoms with van der Waals surface area (Å²) < 4.78 is 12.4. The molecule has 0 fully saturated rings. The van der Waals surface area contributed by atoms with Crippen molar-refractivity contribution in [3.63, 3.8) is 0 Å². The SMILES string of the molecule is CC(F)CCCCCc1cccnc1. The molecular formula is C12H18FN. The summed E-state index contributed by atoms with van der Waals surface area (Å²) in [6.07, 6.45) is 8.06. The average molecular weight is 195 g/mol. The number of aromatic nitrogens is 1. The molecule has 78 valence electrons. The minimum atomic E-state index is -0.645. The van der Waals surface area contributed by atoms with Crippen LogP contribution in [0.15, 0.2) is 24.5 Å². The van der Waals surface area contributed by atoms with Crippen molar-refractivity contribution in [2.45, 2.75) is 45.2 Å². The van der Waals surface area contributed by atoms with E-state index >= 15 is 0 Å². The van der Waals surface area contributed by atoms with E-state index in [1.165, 1.54) is 5.56 Å². The predicted molar refractivity (Wildman–Crippen MR) is 57.0 cm³/mol. The molecule has 1 atom stereocenters. The molecule has 1 aromatic rings. The van der Waals surface area contributed by atoms with Crippen LogP contribution < -0.4 is 0 Å². The van der Waals surface area contributed by atoms with Crippen LogP contribution >= 0.6 is 0 Å². The van der Waals surface area contributed by atoms with Crippen molar-refractivity contribution in [1.29, 1.82) is 0 Å². The van der Waals surface area contributed by atoms with Gasteiger partial charge in [-0.1, -0.05) is 18.9 Å². The second kappa shape index (κ2) is 6.52. The first-order valence-electron chi connectivity index (χ1n) is 5.32. The topological polar surface area (TPSA) is 12.9 Å². The van der Waals surface area contributed by atoms with E-state index in [-0.39, 0.29) is 0 Å². The fourth-order valence-electron chi connectivity index (χ4n) is 1.48. The third kappa shape index (κ3) is 4.95. The van der Waals surface area contributed by atoms with Gasteiger partial charge in [-0.25, -0.2) is 4.39 Å². The van der Waals surface area contributed by atoms with E-state index in [0.29, 0.717) is 6.42 Å². The number of hydrogen-bond donors (Lipinski definition) is 0. The Morgan fingerprint density at radius 2 is 2.21 bits per heavy atom. The second-order valence-electron chi connectivity index (χ2n) is 3.74. The molecule has 2 heteroatoms. The van der Waals surface area contributed by atoms with Crippen molar-refractivity contribution in [2.24, 2.45) is 0 Å². The summed E-state index contributed by atoms with van der Waals surface area (Å²) in [6.45, 7) is 1.63. The lowest BCUT2D eigenvalue weighted by molar-refractivity contribution is 0.330. The molecule has 0 aromatic carbocycles. The molecule has 1 rings (SSSR count). The van der Waals surface area contributed by atoms with Crippen LogP contribution in [0.5, 0.6) is 0 Å². The van der Waals surface area contributed by atoms with Crippen LogP contribution in [0.1, 0.15) is 38.2 Å². The lowest BCUT2D eigenvalue weighted by atomic mass is 10.1. The van der Waals surface area contributed by atoms with E-state index < -0.39 is 6.17 Å². The highest BCUT2D eigenvalue weighted by molar-refractivity contribution is 5.08. The van der Waals surface area contributed by atoms with Gasteiger partial charge in [-0.2, -0.15) is 0 Å². The van der Waals surface area contributed by atoms with Gasteiger partial charge in [-0.3, -0.25) is 4.98 Å². The molecule has 0 bridgehead atoms. The average Bonchev–Trinajstić information content (AvgIpc) is 2.18. The minimum Gasteiger partial charge on any atom is -0.264 e. The van der Waals surface area contributed by atoms with Crippen LogP contribution in [-0.2, 0) is 6.42 Å². The molecule has 1 aromatic heterocycles. The zero-order valence-corrected chi connectivity index (χ0v) is 8.75. The van der Waals surface area contributed by atoms with Gasteiger partial charge in [0.25, 0.3) is 0 Å². The highest BCUT2D eigenvalue weighted by Crippen LogP contribution is 2.09. The Hall–Kier alpha value is -0.920. The molecule has 0 aliphatic rings. The summed E-state index contributed by atoms with van der Waals surface area (Å²) in [6, 6.07) is 4.05. The van der Waals surface area contributed by atoms with Crippen LogP contribution in [0.3, 0.4) is 0 Å². The number of aryl methyl sites for hydroxylation is 1. The third-order valence-corrected chi connectivity index (χ3v) is 2.29. The fourth-order valence-corrected chi connectivity index (χ4v) is 1.48. The van der Waals surface area contributed by atoms with Crippen molar-refractivity contribution in [3.05, 3.63) is 30.1 Å². The normalized spacial score (nSPS) is 12.7. The van der Waals surface area contributed by atoms with Crippen molar-refractivity contribution < 1.29 is 4.39 Å². The smallest absolute Gasteiger partial charge is 0.0973 e. The summed E-state index contributed by atoms with van der Waals surface area (Å²) in [4.78, 5) is 4.05. The molecule has 0 spiro atoms. The van der Waals surface area contributed by atoms with Gasteiger partial charge in [0.05, 0.1) is 6.17 Å². The van der Waals surface area contributed by atoms with E-state index in [4.69, 9.17) is 0 Å². The lowest BCUT2D eigenvalue weighted by Crippen LogP contribution is -1.92. The van der Waals surface area contributed by atoms with Gasteiger partial charge in [0.15, 0.2) is 0 Å². The third-order valence-electron chi connectivity index (χ3n) is 2.29. The maximum Gasteiger partial charge on any atom is 0.0973 e. The van der Waals surface area contributed by atoms with Crippen molar-refractivity contribution in [3.8, 4) is 0 Å². The van der Waals surface area contributed by atoms with E-state index in [1.807, 2.05) is 12.3 Å². The molecule has 0 aliphatic carbocycles. The molecule has 0 radical (unpaired) electrons. The number of halogens is 1. The van der Waals surface area contributed by atoms with E-state index in [0.717, 1.165) is 25.7 Å². The van der Waals surface area contributed by atoms with Crippen LogP contribution in [0.2, 0.25) is 0 Å². The number of nitrogens with zero attached hydrogens (tertiary/aromatic N) is 1. The van der Waals surface area contributed by atoms with Crippen molar-refractivity contribution in [2.75, 3.05) is 0 Å². The number of pyridine rings is 1. The minimum absolute atomic E-state index is 0.645. The summed E-state index contributed by atoms with van der Waals surface area (Å²) in [5, 5.41) is 0. The molecular weight excluding hydrogens is 177 g/mol. The van der Waals surface area contributed by atoms with Gasteiger partial charge in [-0.05, 0) is 37.8 Å². The van der Waals surface area contributed by atoms with E-state index in [9.17, 15) is 4.39 Å². The first-order chi connectivity index (χ1) is 6.79. The second-order valence-corrected chi connectivity index (χ2v) is 3.74. The van der Waals surface area contributed by atoms with Gasteiger partial charge in [-0.15, -0.1) is 0 Å². The van der Waals surface area contributed by atoms with Gasteiger partial charge >= 0.3 is 0 Å². The number of alkyl halides is 1.